The lowest BCUT2D eigenvalue weighted by atomic mass is 9.82. The molecule has 0 bridgehead atoms. The highest BCUT2D eigenvalue weighted by molar-refractivity contribution is 5.83. The maximum Gasteiger partial charge on any atom is 0.184 e. The molecule has 13 nitrogen and oxygen atoms in total. The van der Waals surface area contributed by atoms with Crippen LogP contribution in [0.4, 0.5) is 4.39 Å². The molecule has 14 heteroatoms. The summed E-state index contributed by atoms with van der Waals surface area (Å²) >= 11 is 0. The Morgan fingerprint density at radius 1 is 1.16 bits per heavy atom. The number of alkyl halides is 1. The SMILES string of the molecule is CC(O)C(=N)N[C@@H]1C[C@H](N)C(O[C@H]2O[C@H](CNCCF)CCC2N)C(O)C1O[C@H]1OCC(C)(O)[C@H](C)C1O. The first-order chi connectivity index (χ1) is 17.9. The topological polar surface area (TPSA) is 218 Å². The molecule has 3 aliphatic rings. The highest BCUT2D eigenvalue weighted by Gasteiger charge is 2.51. The smallest absolute Gasteiger partial charge is 0.184 e. The summed E-state index contributed by atoms with van der Waals surface area (Å²) in [5.41, 5.74) is 11.4. The second kappa shape index (κ2) is 13.5. The van der Waals surface area contributed by atoms with E-state index in [-0.39, 0.29) is 31.5 Å². The van der Waals surface area contributed by atoms with Gasteiger partial charge in [0.1, 0.15) is 43.0 Å². The van der Waals surface area contributed by atoms with Gasteiger partial charge < -0.3 is 61.5 Å². The van der Waals surface area contributed by atoms with Crippen LogP contribution in [0.5, 0.6) is 0 Å². The predicted molar refractivity (Wildman–Crippen MR) is 135 cm³/mol. The molecule has 0 aromatic carbocycles. The number of nitrogens with one attached hydrogen (secondary N) is 3. The van der Waals surface area contributed by atoms with E-state index >= 15 is 0 Å². The van der Waals surface area contributed by atoms with E-state index in [4.69, 9.17) is 35.8 Å². The first kappa shape index (κ1) is 31.5. The summed E-state index contributed by atoms with van der Waals surface area (Å²) in [4.78, 5) is 0. The number of aliphatic hydroxyl groups is 4. The van der Waals surface area contributed by atoms with Crippen molar-refractivity contribution in [2.75, 3.05) is 26.4 Å². The van der Waals surface area contributed by atoms with Crippen molar-refractivity contribution in [2.24, 2.45) is 17.4 Å². The standard InChI is InChI=1S/C24H46FN5O8/c1-11-17(32)23(35-10-24(11,3)34)38-20-16(30-21(28)12(2)31)8-15(27)19(18(20)33)37-22-14(26)5-4-13(36-22)9-29-7-6-25/h11-20,22-23,29,31-34H,4-10,26-27H2,1-3H3,(H2,28,30)/t11-,12?,13+,14?,15+,16-,17?,18?,19?,20?,22-,23-,24?/m1/s1. The number of hydrogen-bond acceptors (Lipinski definition) is 12. The third kappa shape index (κ3) is 7.57. The first-order valence-electron chi connectivity index (χ1n) is 13.3. The average Bonchev–Trinajstić information content (AvgIpc) is 2.85. The fourth-order valence-corrected chi connectivity index (χ4v) is 5.06. The fourth-order valence-electron chi connectivity index (χ4n) is 5.06. The lowest BCUT2D eigenvalue weighted by Crippen LogP contribution is -2.67. The van der Waals surface area contributed by atoms with Crippen molar-refractivity contribution in [3.05, 3.63) is 0 Å². The molecule has 0 aromatic heterocycles. The van der Waals surface area contributed by atoms with Gasteiger partial charge in [-0.3, -0.25) is 5.41 Å². The summed E-state index contributed by atoms with van der Waals surface area (Å²) in [6.07, 6.45) is -6.57. The molecule has 0 spiro atoms. The van der Waals surface area contributed by atoms with Gasteiger partial charge in [-0.1, -0.05) is 6.92 Å². The van der Waals surface area contributed by atoms with E-state index in [1.807, 2.05) is 0 Å². The molecule has 38 heavy (non-hydrogen) atoms. The van der Waals surface area contributed by atoms with Crippen LogP contribution in [0.1, 0.15) is 40.0 Å². The third-order valence-electron chi connectivity index (χ3n) is 7.81. The Labute approximate surface area is 222 Å². The van der Waals surface area contributed by atoms with Gasteiger partial charge in [0, 0.05) is 25.0 Å². The van der Waals surface area contributed by atoms with Crippen LogP contribution in [0, 0.1) is 11.3 Å². The highest BCUT2D eigenvalue weighted by atomic mass is 19.1. The van der Waals surface area contributed by atoms with Crippen LogP contribution in [-0.4, -0.2) is 126 Å². The first-order valence-corrected chi connectivity index (χ1v) is 13.3. The minimum atomic E-state index is -1.35. The zero-order chi connectivity index (χ0) is 28.2. The van der Waals surface area contributed by atoms with Crippen LogP contribution in [0.25, 0.3) is 0 Å². The van der Waals surface area contributed by atoms with Gasteiger partial charge in [0.25, 0.3) is 0 Å². The number of aliphatic hydroxyl groups excluding tert-OH is 3. The van der Waals surface area contributed by atoms with Crippen LogP contribution < -0.4 is 22.1 Å². The van der Waals surface area contributed by atoms with Crippen molar-refractivity contribution < 1.29 is 43.8 Å². The molecule has 2 aliphatic heterocycles. The van der Waals surface area contributed by atoms with E-state index in [2.05, 4.69) is 10.6 Å². The normalized spacial score (nSPS) is 44.9. The summed E-state index contributed by atoms with van der Waals surface area (Å²) in [5.74, 6) is -0.778. The summed E-state index contributed by atoms with van der Waals surface area (Å²) in [5, 5.41) is 56.4. The number of ether oxygens (including phenoxy) is 4. The van der Waals surface area contributed by atoms with E-state index in [1.165, 1.54) is 6.92 Å². The summed E-state index contributed by atoms with van der Waals surface area (Å²) in [6.45, 7) is 4.69. The van der Waals surface area contributed by atoms with E-state index in [0.29, 0.717) is 19.4 Å². The molecule has 2 saturated heterocycles. The molecule has 222 valence electrons. The third-order valence-corrected chi connectivity index (χ3v) is 7.81. The van der Waals surface area contributed by atoms with Gasteiger partial charge in [-0.15, -0.1) is 0 Å². The van der Waals surface area contributed by atoms with Crippen LogP contribution in [0.15, 0.2) is 0 Å². The van der Waals surface area contributed by atoms with Crippen molar-refractivity contribution in [3.8, 4) is 0 Å². The maximum absolute atomic E-state index is 12.5. The average molecular weight is 552 g/mol. The van der Waals surface area contributed by atoms with Gasteiger partial charge in [0.2, 0.25) is 0 Å². The zero-order valence-electron chi connectivity index (χ0n) is 22.3. The Balaban J connectivity index is 1.75. The summed E-state index contributed by atoms with van der Waals surface area (Å²) in [7, 11) is 0. The molecular formula is C24H46FN5O8. The largest absolute Gasteiger partial charge is 0.388 e. The number of rotatable bonds is 10. The van der Waals surface area contributed by atoms with Crippen molar-refractivity contribution in [2.45, 2.75) is 113 Å². The maximum atomic E-state index is 12.5. The molecular weight excluding hydrogens is 505 g/mol. The van der Waals surface area contributed by atoms with Gasteiger partial charge in [0.15, 0.2) is 12.6 Å². The Kier molecular flexibility index (Phi) is 11.2. The van der Waals surface area contributed by atoms with Gasteiger partial charge in [0.05, 0.1) is 30.4 Å². The Hall–Kier alpha value is -1.04. The minimum absolute atomic E-state index is 0.0949. The molecule has 0 amide bonds. The highest BCUT2D eigenvalue weighted by Crippen LogP contribution is 2.34. The van der Waals surface area contributed by atoms with Crippen molar-refractivity contribution in [1.29, 1.82) is 5.41 Å². The Morgan fingerprint density at radius 2 is 1.84 bits per heavy atom. The van der Waals surface area contributed by atoms with Crippen LogP contribution >= 0.6 is 0 Å². The van der Waals surface area contributed by atoms with Gasteiger partial charge >= 0.3 is 0 Å². The number of nitrogens with two attached hydrogens (primary N) is 2. The van der Waals surface area contributed by atoms with Gasteiger partial charge in [-0.05, 0) is 33.1 Å². The number of hydrogen-bond donors (Lipinski definition) is 9. The second-order valence-electron chi connectivity index (χ2n) is 11.0. The molecule has 11 N–H and O–H groups in total. The molecule has 3 fully saturated rings. The molecule has 3 rings (SSSR count). The Morgan fingerprint density at radius 3 is 2.50 bits per heavy atom. The predicted octanol–water partition coefficient (Wildman–Crippen LogP) is -2.34. The van der Waals surface area contributed by atoms with E-state index < -0.39 is 79.4 Å². The van der Waals surface area contributed by atoms with Crippen molar-refractivity contribution in [1.82, 2.24) is 10.6 Å². The monoisotopic (exact) mass is 551 g/mol. The second-order valence-corrected chi connectivity index (χ2v) is 11.0. The van der Waals surface area contributed by atoms with Gasteiger partial charge in [-0.2, -0.15) is 0 Å². The molecule has 0 aromatic rings. The number of amidine groups is 1. The minimum Gasteiger partial charge on any atom is -0.388 e. The van der Waals surface area contributed by atoms with E-state index in [9.17, 15) is 24.8 Å². The van der Waals surface area contributed by atoms with E-state index in [0.717, 1.165) is 0 Å². The fraction of sp³-hybridized carbons (Fsp3) is 0.958. The summed E-state index contributed by atoms with van der Waals surface area (Å²) < 4.78 is 36.2. The van der Waals surface area contributed by atoms with Crippen LogP contribution in [-0.2, 0) is 18.9 Å². The molecule has 0 radical (unpaired) electrons. The molecule has 7 unspecified atom stereocenters. The van der Waals surface area contributed by atoms with Crippen molar-refractivity contribution in [3.63, 3.8) is 0 Å². The van der Waals surface area contributed by atoms with Gasteiger partial charge in [-0.25, -0.2) is 4.39 Å². The van der Waals surface area contributed by atoms with Crippen LogP contribution in [0.2, 0.25) is 0 Å². The van der Waals surface area contributed by atoms with Crippen LogP contribution in [0.3, 0.4) is 0 Å². The molecule has 1 saturated carbocycles. The molecule has 13 atom stereocenters. The molecule has 1 aliphatic carbocycles. The summed E-state index contributed by atoms with van der Waals surface area (Å²) in [6, 6.07) is -1.92. The lowest BCUT2D eigenvalue weighted by Gasteiger charge is -2.49. The lowest BCUT2D eigenvalue weighted by molar-refractivity contribution is -0.313. The van der Waals surface area contributed by atoms with E-state index in [1.54, 1.807) is 13.8 Å². The Bertz CT molecular complexity index is 767. The zero-order valence-corrected chi connectivity index (χ0v) is 22.3. The molecule has 2 heterocycles. The van der Waals surface area contributed by atoms with Crippen molar-refractivity contribution >= 4 is 5.84 Å². The number of halogens is 1. The quantitative estimate of drug-likeness (QED) is 0.0793.